The number of ether oxygens (including phenoxy) is 1. The van der Waals surface area contributed by atoms with E-state index in [0.717, 1.165) is 28.7 Å². The third-order valence-electron chi connectivity index (χ3n) is 4.52. The Bertz CT molecular complexity index is 866. The molecule has 2 heterocycles. The SMILES string of the molecule is CN(C)c1ccc([C@H]2NC[C@@H](CSc3nncn3-c3ccccc3)O2)cc1. The second-order valence-corrected chi connectivity index (χ2v) is 7.65. The molecule has 3 aromatic rings. The predicted octanol–water partition coefficient (Wildman–Crippen LogP) is 3.11. The van der Waals surface area contributed by atoms with E-state index in [1.54, 1.807) is 18.1 Å². The van der Waals surface area contributed by atoms with Gasteiger partial charge in [0.2, 0.25) is 0 Å². The zero-order valence-corrected chi connectivity index (χ0v) is 16.3. The quantitative estimate of drug-likeness (QED) is 0.662. The average Bonchev–Trinajstić information content (AvgIpc) is 3.36. The van der Waals surface area contributed by atoms with Crippen LogP contribution in [0, 0.1) is 0 Å². The van der Waals surface area contributed by atoms with Gasteiger partial charge in [0.1, 0.15) is 12.6 Å². The molecule has 1 N–H and O–H groups in total. The third-order valence-corrected chi connectivity index (χ3v) is 5.60. The number of thioether (sulfide) groups is 1. The highest BCUT2D eigenvalue weighted by atomic mass is 32.2. The van der Waals surface area contributed by atoms with E-state index in [0.29, 0.717) is 0 Å². The van der Waals surface area contributed by atoms with E-state index in [1.807, 2.05) is 36.9 Å². The molecule has 0 amide bonds. The topological polar surface area (TPSA) is 55.2 Å². The van der Waals surface area contributed by atoms with Gasteiger partial charge in [0, 0.05) is 37.8 Å². The second-order valence-electron chi connectivity index (χ2n) is 6.66. The summed E-state index contributed by atoms with van der Waals surface area (Å²) in [5, 5.41) is 12.6. The summed E-state index contributed by atoms with van der Waals surface area (Å²) in [6.07, 6.45) is 1.83. The zero-order chi connectivity index (χ0) is 18.6. The first-order chi connectivity index (χ1) is 13.2. The number of anilines is 1. The van der Waals surface area contributed by atoms with E-state index in [9.17, 15) is 0 Å². The molecule has 1 fully saturated rings. The van der Waals surface area contributed by atoms with Crippen LogP contribution in [-0.2, 0) is 4.74 Å². The Morgan fingerprint density at radius 2 is 1.93 bits per heavy atom. The predicted molar refractivity (Wildman–Crippen MR) is 108 cm³/mol. The van der Waals surface area contributed by atoms with Gasteiger partial charge < -0.3 is 9.64 Å². The number of rotatable bonds is 6. The van der Waals surface area contributed by atoms with Gasteiger partial charge >= 0.3 is 0 Å². The van der Waals surface area contributed by atoms with Crippen LogP contribution in [0.1, 0.15) is 11.8 Å². The maximum atomic E-state index is 6.19. The van der Waals surface area contributed by atoms with Crippen molar-refractivity contribution in [1.29, 1.82) is 0 Å². The Balaban J connectivity index is 1.35. The molecule has 140 valence electrons. The highest BCUT2D eigenvalue weighted by molar-refractivity contribution is 7.99. The Hall–Kier alpha value is -2.35. The highest BCUT2D eigenvalue weighted by Gasteiger charge is 2.26. The van der Waals surface area contributed by atoms with Gasteiger partial charge in [0.25, 0.3) is 0 Å². The number of para-hydroxylation sites is 1. The number of nitrogens with one attached hydrogen (secondary N) is 1. The molecule has 2 aromatic carbocycles. The van der Waals surface area contributed by atoms with Crippen LogP contribution in [0.5, 0.6) is 0 Å². The van der Waals surface area contributed by atoms with E-state index < -0.39 is 0 Å². The van der Waals surface area contributed by atoms with Crippen molar-refractivity contribution in [3.8, 4) is 5.69 Å². The van der Waals surface area contributed by atoms with Gasteiger partial charge in [-0.15, -0.1) is 10.2 Å². The Kier molecular flexibility index (Phi) is 5.42. The smallest absolute Gasteiger partial charge is 0.195 e. The maximum Gasteiger partial charge on any atom is 0.195 e. The minimum absolute atomic E-state index is 0.0567. The monoisotopic (exact) mass is 381 g/mol. The molecule has 1 aliphatic rings. The molecule has 1 aromatic heterocycles. The van der Waals surface area contributed by atoms with Gasteiger partial charge in [-0.25, -0.2) is 0 Å². The molecule has 1 aliphatic heterocycles. The van der Waals surface area contributed by atoms with Crippen molar-refractivity contribution in [1.82, 2.24) is 20.1 Å². The molecular weight excluding hydrogens is 358 g/mol. The summed E-state index contributed by atoms with van der Waals surface area (Å²) in [6.45, 7) is 0.826. The fourth-order valence-corrected chi connectivity index (χ4v) is 3.95. The largest absolute Gasteiger partial charge is 0.378 e. The third kappa shape index (κ3) is 4.16. The summed E-state index contributed by atoms with van der Waals surface area (Å²) < 4.78 is 8.19. The molecule has 0 radical (unpaired) electrons. The molecule has 27 heavy (non-hydrogen) atoms. The van der Waals surface area contributed by atoms with E-state index in [4.69, 9.17) is 4.74 Å². The van der Waals surface area contributed by atoms with E-state index in [-0.39, 0.29) is 12.3 Å². The minimum Gasteiger partial charge on any atom is -0.378 e. The van der Waals surface area contributed by atoms with E-state index in [2.05, 4.69) is 56.8 Å². The number of benzene rings is 2. The van der Waals surface area contributed by atoms with Crippen LogP contribution in [-0.4, -0.2) is 47.3 Å². The van der Waals surface area contributed by atoms with Crippen LogP contribution in [0.25, 0.3) is 5.69 Å². The molecule has 7 heteroatoms. The summed E-state index contributed by atoms with van der Waals surface area (Å²) >= 11 is 1.67. The molecule has 0 aliphatic carbocycles. The molecule has 2 atom stereocenters. The minimum atomic E-state index is -0.0567. The van der Waals surface area contributed by atoms with Crippen LogP contribution in [0.4, 0.5) is 5.69 Å². The molecular formula is C20H23N5OS. The van der Waals surface area contributed by atoms with Gasteiger partial charge in [-0.1, -0.05) is 42.1 Å². The maximum absolute atomic E-state index is 6.19. The average molecular weight is 382 g/mol. The van der Waals surface area contributed by atoms with Crippen LogP contribution in [0.2, 0.25) is 0 Å². The van der Waals surface area contributed by atoms with E-state index >= 15 is 0 Å². The van der Waals surface area contributed by atoms with Gasteiger partial charge in [0.15, 0.2) is 5.16 Å². The van der Waals surface area contributed by atoms with Crippen LogP contribution in [0.15, 0.2) is 66.1 Å². The van der Waals surface area contributed by atoms with Gasteiger partial charge in [-0.2, -0.15) is 0 Å². The molecule has 0 spiro atoms. The second kappa shape index (κ2) is 8.12. The van der Waals surface area contributed by atoms with Gasteiger partial charge in [-0.3, -0.25) is 9.88 Å². The highest BCUT2D eigenvalue weighted by Crippen LogP contribution is 2.27. The lowest BCUT2D eigenvalue weighted by molar-refractivity contribution is 0.0534. The van der Waals surface area contributed by atoms with E-state index in [1.165, 1.54) is 5.69 Å². The fraction of sp³-hybridized carbons (Fsp3) is 0.300. The summed E-state index contributed by atoms with van der Waals surface area (Å²) in [5.41, 5.74) is 3.40. The van der Waals surface area contributed by atoms with Gasteiger partial charge in [-0.05, 0) is 29.8 Å². The number of aromatic nitrogens is 3. The van der Waals surface area contributed by atoms with Crippen molar-refractivity contribution in [2.24, 2.45) is 0 Å². The van der Waals surface area contributed by atoms with Crippen molar-refractivity contribution >= 4 is 17.4 Å². The van der Waals surface area contributed by atoms with Crippen molar-refractivity contribution in [2.45, 2.75) is 17.5 Å². The lowest BCUT2D eigenvalue weighted by atomic mass is 10.2. The van der Waals surface area contributed by atoms with Crippen molar-refractivity contribution in [3.63, 3.8) is 0 Å². The number of hydrogen-bond acceptors (Lipinski definition) is 6. The van der Waals surface area contributed by atoms with Crippen LogP contribution >= 0.6 is 11.8 Å². The van der Waals surface area contributed by atoms with Crippen molar-refractivity contribution in [2.75, 3.05) is 31.3 Å². The first-order valence-electron chi connectivity index (χ1n) is 8.95. The summed E-state index contributed by atoms with van der Waals surface area (Å²) in [4.78, 5) is 2.09. The summed E-state index contributed by atoms with van der Waals surface area (Å²) in [6, 6.07) is 18.6. The summed E-state index contributed by atoms with van der Waals surface area (Å²) in [7, 11) is 4.08. The Labute approximate surface area is 163 Å². The standard InChI is InChI=1S/C20H23N5OS/c1-24(2)16-10-8-15(9-11-16)19-21-12-18(26-19)13-27-20-23-22-14-25(20)17-6-4-3-5-7-17/h3-11,14,18-19,21H,12-13H2,1-2H3/t18-,19-/m0/s1. The summed E-state index contributed by atoms with van der Waals surface area (Å²) in [5.74, 6) is 0.824. The molecule has 6 nitrogen and oxygen atoms in total. The van der Waals surface area contributed by atoms with Crippen LogP contribution < -0.4 is 10.2 Å². The van der Waals surface area contributed by atoms with Gasteiger partial charge in [0.05, 0.1) is 6.10 Å². The first kappa shape index (κ1) is 18.0. The van der Waals surface area contributed by atoms with Crippen molar-refractivity contribution < 1.29 is 4.74 Å². The molecule has 4 rings (SSSR count). The van der Waals surface area contributed by atoms with Crippen molar-refractivity contribution in [3.05, 3.63) is 66.5 Å². The Morgan fingerprint density at radius 3 is 2.67 bits per heavy atom. The Morgan fingerprint density at radius 1 is 1.15 bits per heavy atom. The zero-order valence-electron chi connectivity index (χ0n) is 15.4. The number of hydrogen-bond donors (Lipinski definition) is 1. The lowest BCUT2D eigenvalue weighted by Crippen LogP contribution is -2.17. The lowest BCUT2D eigenvalue weighted by Gasteiger charge is -2.16. The fourth-order valence-electron chi connectivity index (χ4n) is 3.03. The normalized spacial score (nSPS) is 19.3. The van der Waals surface area contributed by atoms with Crippen LogP contribution in [0.3, 0.4) is 0 Å². The molecule has 0 bridgehead atoms. The molecule has 0 saturated carbocycles. The number of nitrogens with zero attached hydrogens (tertiary/aromatic N) is 4. The molecule has 0 unspecified atom stereocenters. The molecule has 1 saturated heterocycles. The first-order valence-corrected chi connectivity index (χ1v) is 9.93.